The van der Waals surface area contributed by atoms with Gasteiger partial charge in [0.05, 0.1) is 0 Å². The molecule has 1 heterocycles. The monoisotopic (exact) mass is 223 g/mol. The summed E-state index contributed by atoms with van der Waals surface area (Å²) in [4.78, 5) is 4.14. The zero-order chi connectivity index (χ0) is 12.0. The molecule has 1 aromatic heterocycles. The van der Waals surface area contributed by atoms with Gasteiger partial charge >= 0.3 is 0 Å². The van der Waals surface area contributed by atoms with E-state index in [2.05, 4.69) is 17.2 Å². The van der Waals surface area contributed by atoms with Crippen LogP contribution in [0, 0.1) is 6.92 Å². The molecule has 4 heteroatoms. The number of hydrogen-bond donors (Lipinski definition) is 2. The zero-order valence-corrected chi connectivity index (χ0v) is 10.3. The fourth-order valence-corrected chi connectivity index (χ4v) is 1.91. The topological polar surface area (TPSA) is 60.2 Å². The van der Waals surface area contributed by atoms with Crippen LogP contribution < -0.4 is 11.1 Å². The van der Waals surface area contributed by atoms with Gasteiger partial charge in [-0.3, -0.25) is 0 Å². The molecule has 3 N–H and O–H groups in total. The summed E-state index contributed by atoms with van der Waals surface area (Å²) in [5, 5.41) is 3.28. The Hall–Kier alpha value is -1.13. The molecular formula is C12H21N3O. The van der Waals surface area contributed by atoms with Crippen molar-refractivity contribution < 1.29 is 4.74 Å². The Bertz CT molecular complexity index is 308. The Labute approximate surface area is 97.2 Å². The molecule has 4 nitrogen and oxygen atoms in total. The second-order valence-electron chi connectivity index (χ2n) is 3.90. The van der Waals surface area contributed by atoms with E-state index >= 15 is 0 Å². The SMILES string of the molecule is CNC(CCCOC)c1c(C)ccnc1N. The highest BCUT2D eigenvalue weighted by Gasteiger charge is 2.15. The van der Waals surface area contributed by atoms with E-state index in [1.807, 2.05) is 13.1 Å². The molecular weight excluding hydrogens is 202 g/mol. The van der Waals surface area contributed by atoms with Crippen molar-refractivity contribution in [3.8, 4) is 0 Å². The number of methoxy groups -OCH3 is 1. The quantitative estimate of drug-likeness (QED) is 0.720. The number of hydrogen-bond acceptors (Lipinski definition) is 4. The standard InChI is InChI=1S/C12H21N3O/c1-9-6-7-15-12(13)11(9)10(14-2)5-4-8-16-3/h6-7,10,14H,4-5,8H2,1-3H3,(H2,13,15). The normalized spacial score (nSPS) is 12.7. The number of nitrogens with one attached hydrogen (secondary N) is 1. The number of nitrogens with zero attached hydrogens (tertiary/aromatic N) is 1. The lowest BCUT2D eigenvalue weighted by atomic mass is 9.99. The second-order valence-corrected chi connectivity index (χ2v) is 3.90. The maximum Gasteiger partial charge on any atom is 0.128 e. The van der Waals surface area contributed by atoms with Gasteiger partial charge in [-0.25, -0.2) is 4.98 Å². The van der Waals surface area contributed by atoms with E-state index in [4.69, 9.17) is 10.5 Å². The number of pyridine rings is 1. The van der Waals surface area contributed by atoms with Crippen LogP contribution in [0.2, 0.25) is 0 Å². The summed E-state index contributed by atoms with van der Waals surface area (Å²) < 4.78 is 5.06. The fourth-order valence-electron chi connectivity index (χ4n) is 1.91. The van der Waals surface area contributed by atoms with Crippen molar-refractivity contribution in [3.05, 3.63) is 23.4 Å². The molecule has 0 fully saturated rings. The van der Waals surface area contributed by atoms with Crippen LogP contribution in [0.15, 0.2) is 12.3 Å². The molecule has 0 spiro atoms. The lowest BCUT2D eigenvalue weighted by Crippen LogP contribution is -2.20. The number of aryl methyl sites for hydroxylation is 1. The number of ether oxygens (including phenoxy) is 1. The maximum absolute atomic E-state index is 5.92. The highest BCUT2D eigenvalue weighted by atomic mass is 16.5. The van der Waals surface area contributed by atoms with Crippen LogP contribution >= 0.6 is 0 Å². The Balaban J connectivity index is 2.78. The van der Waals surface area contributed by atoms with Crippen molar-refractivity contribution in [3.63, 3.8) is 0 Å². The molecule has 0 saturated heterocycles. The largest absolute Gasteiger partial charge is 0.385 e. The lowest BCUT2D eigenvalue weighted by molar-refractivity contribution is 0.189. The van der Waals surface area contributed by atoms with E-state index in [1.54, 1.807) is 13.3 Å². The van der Waals surface area contributed by atoms with Crippen molar-refractivity contribution in [2.45, 2.75) is 25.8 Å². The van der Waals surface area contributed by atoms with E-state index in [-0.39, 0.29) is 6.04 Å². The van der Waals surface area contributed by atoms with Crippen molar-refractivity contribution in [1.82, 2.24) is 10.3 Å². The molecule has 0 aliphatic carbocycles. The van der Waals surface area contributed by atoms with Gasteiger partial charge in [-0.15, -0.1) is 0 Å². The molecule has 16 heavy (non-hydrogen) atoms. The summed E-state index contributed by atoms with van der Waals surface area (Å²) >= 11 is 0. The number of nitrogens with two attached hydrogens (primary N) is 1. The van der Waals surface area contributed by atoms with Gasteiger partial charge < -0.3 is 15.8 Å². The summed E-state index contributed by atoms with van der Waals surface area (Å²) in [6.45, 7) is 2.84. The molecule has 1 atom stereocenters. The first kappa shape index (κ1) is 12.9. The molecule has 0 aromatic carbocycles. The van der Waals surface area contributed by atoms with Crippen LogP contribution in [-0.2, 0) is 4.74 Å². The second kappa shape index (κ2) is 6.45. The fraction of sp³-hybridized carbons (Fsp3) is 0.583. The van der Waals surface area contributed by atoms with Crippen LogP contribution in [0.25, 0.3) is 0 Å². The first-order valence-corrected chi connectivity index (χ1v) is 5.58. The molecule has 1 rings (SSSR count). The van der Waals surface area contributed by atoms with Crippen LogP contribution in [0.4, 0.5) is 5.82 Å². The smallest absolute Gasteiger partial charge is 0.128 e. The third-order valence-electron chi connectivity index (χ3n) is 2.78. The van der Waals surface area contributed by atoms with Crippen molar-refractivity contribution in [2.24, 2.45) is 0 Å². The summed E-state index contributed by atoms with van der Waals surface area (Å²) in [5.41, 5.74) is 8.22. The average Bonchev–Trinajstić information content (AvgIpc) is 2.26. The van der Waals surface area contributed by atoms with Gasteiger partial charge in [-0.1, -0.05) is 0 Å². The Morgan fingerprint density at radius 1 is 1.56 bits per heavy atom. The highest BCUT2D eigenvalue weighted by Crippen LogP contribution is 2.25. The molecule has 0 radical (unpaired) electrons. The third kappa shape index (κ3) is 3.18. The summed E-state index contributed by atoms with van der Waals surface area (Å²) in [6.07, 6.45) is 3.76. The highest BCUT2D eigenvalue weighted by molar-refractivity contribution is 5.46. The first-order chi connectivity index (χ1) is 7.70. The molecule has 0 amide bonds. The van der Waals surface area contributed by atoms with Gasteiger partial charge in [0, 0.05) is 31.5 Å². The predicted octanol–water partition coefficient (Wildman–Crippen LogP) is 1.66. The van der Waals surface area contributed by atoms with Gasteiger partial charge in [0.2, 0.25) is 0 Å². The molecule has 0 bridgehead atoms. The summed E-state index contributed by atoms with van der Waals surface area (Å²) in [7, 11) is 3.67. The first-order valence-electron chi connectivity index (χ1n) is 5.58. The Morgan fingerprint density at radius 2 is 2.31 bits per heavy atom. The number of nitrogen functional groups attached to an aromatic ring is 1. The van der Waals surface area contributed by atoms with Crippen LogP contribution in [0.5, 0.6) is 0 Å². The predicted molar refractivity (Wildman–Crippen MR) is 66.3 cm³/mol. The van der Waals surface area contributed by atoms with E-state index in [1.165, 1.54) is 5.56 Å². The molecule has 0 aliphatic heterocycles. The zero-order valence-electron chi connectivity index (χ0n) is 10.3. The van der Waals surface area contributed by atoms with Gasteiger partial charge in [-0.05, 0) is 38.4 Å². The third-order valence-corrected chi connectivity index (χ3v) is 2.78. The van der Waals surface area contributed by atoms with Crippen LogP contribution in [-0.4, -0.2) is 25.7 Å². The van der Waals surface area contributed by atoms with Gasteiger partial charge in [0.1, 0.15) is 5.82 Å². The molecule has 0 saturated carbocycles. The van der Waals surface area contributed by atoms with Crippen LogP contribution in [0.1, 0.15) is 30.0 Å². The minimum absolute atomic E-state index is 0.254. The van der Waals surface area contributed by atoms with E-state index < -0.39 is 0 Å². The van der Waals surface area contributed by atoms with Gasteiger partial charge in [0.25, 0.3) is 0 Å². The van der Waals surface area contributed by atoms with E-state index in [9.17, 15) is 0 Å². The lowest BCUT2D eigenvalue weighted by Gasteiger charge is -2.19. The average molecular weight is 223 g/mol. The summed E-state index contributed by atoms with van der Waals surface area (Å²) in [6, 6.07) is 2.25. The van der Waals surface area contributed by atoms with Gasteiger partial charge in [0.15, 0.2) is 0 Å². The van der Waals surface area contributed by atoms with E-state index in [0.717, 1.165) is 25.0 Å². The molecule has 1 unspecified atom stereocenters. The van der Waals surface area contributed by atoms with Crippen molar-refractivity contribution in [1.29, 1.82) is 0 Å². The van der Waals surface area contributed by atoms with Gasteiger partial charge in [-0.2, -0.15) is 0 Å². The molecule has 90 valence electrons. The Morgan fingerprint density at radius 3 is 2.88 bits per heavy atom. The Kier molecular flexibility index (Phi) is 5.22. The maximum atomic E-state index is 5.92. The van der Waals surface area contributed by atoms with Crippen molar-refractivity contribution in [2.75, 3.05) is 26.5 Å². The van der Waals surface area contributed by atoms with Crippen LogP contribution in [0.3, 0.4) is 0 Å². The van der Waals surface area contributed by atoms with E-state index in [0.29, 0.717) is 5.82 Å². The number of anilines is 1. The number of rotatable bonds is 6. The molecule has 0 aliphatic rings. The minimum Gasteiger partial charge on any atom is -0.385 e. The number of aromatic nitrogens is 1. The van der Waals surface area contributed by atoms with Crippen molar-refractivity contribution >= 4 is 5.82 Å². The molecule has 1 aromatic rings. The summed E-state index contributed by atoms with van der Waals surface area (Å²) in [5.74, 6) is 0.622. The minimum atomic E-state index is 0.254.